The second-order valence-electron chi connectivity index (χ2n) is 4.40. The molecule has 0 amide bonds. The molecule has 4 heteroatoms. The van der Waals surface area contributed by atoms with E-state index in [0.29, 0.717) is 10.9 Å². The zero-order chi connectivity index (χ0) is 13.1. The summed E-state index contributed by atoms with van der Waals surface area (Å²) in [5, 5.41) is 1.47. The van der Waals surface area contributed by atoms with Crippen LogP contribution in [0.2, 0.25) is 5.02 Å². The predicted octanol–water partition coefficient (Wildman–Crippen LogP) is 4.82. The van der Waals surface area contributed by atoms with Gasteiger partial charge in [0.25, 0.3) is 0 Å². The van der Waals surface area contributed by atoms with Gasteiger partial charge in [0.2, 0.25) is 0 Å². The number of halogens is 2. The van der Waals surface area contributed by atoms with Crippen LogP contribution in [0.4, 0.5) is 0 Å². The minimum absolute atomic E-state index is 0.374. The summed E-state index contributed by atoms with van der Waals surface area (Å²) in [5.74, 6) is 1.10. The van der Waals surface area contributed by atoms with Crippen molar-refractivity contribution in [3.63, 3.8) is 0 Å². The molecule has 2 nitrogen and oxygen atoms in total. The monoisotopic (exact) mass is 324 g/mol. The van der Waals surface area contributed by atoms with E-state index in [0.717, 1.165) is 28.0 Å². The Bertz CT molecular complexity index is 555. The number of rotatable bonds is 3. The third-order valence-electron chi connectivity index (χ3n) is 2.67. The van der Waals surface area contributed by atoms with Gasteiger partial charge in [-0.15, -0.1) is 0 Å². The smallest absolute Gasteiger partial charge is 0.159 e. The molecule has 0 atom stereocenters. The van der Waals surface area contributed by atoms with Gasteiger partial charge in [-0.05, 0) is 18.1 Å². The number of benzene rings is 1. The molecule has 0 saturated heterocycles. The van der Waals surface area contributed by atoms with E-state index in [2.05, 4.69) is 39.7 Å². The highest BCUT2D eigenvalue weighted by atomic mass is 79.9. The topological polar surface area (TPSA) is 25.8 Å². The summed E-state index contributed by atoms with van der Waals surface area (Å²) < 4.78 is 0. The van der Waals surface area contributed by atoms with Crippen LogP contribution in [0.3, 0.4) is 0 Å². The lowest BCUT2D eigenvalue weighted by atomic mass is 10.1. The summed E-state index contributed by atoms with van der Waals surface area (Å²) in [6, 6.07) is 7.61. The summed E-state index contributed by atoms with van der Waals surface area (Å²) >= 11 is 9.46. The molecule has 0 bridgehead atoms. The third kappa shape index (κ3) is 2.90. The van der Waals surface area contributed by atoms with Gasteiger partial charge in [0.1, 0.15) is 0 Å². The lowest BCUT2D eigenvalue weighted by Gasteiger charge is -2.11. The van der Waals surface area contributed by atoms with Gasteiger partial charge < -0.3 is 0 Å². The first-order chi connectivity index (χ1) is 8.61. The minimum Gasteiger partial charge on any atom is -0.236 e. The van der Waals surface area contributed by atoms with Crippen LogP contribution >= 0.6 is 27.5 Å². The fourth-order valence-corrected chi connectivity index (χ4v) is 2.41. The Labute approximate surface area is 121 Å². The molecule has 0 unspecified atom stereocenters. The summed E-state index contributed by atoms with van der Waals surface area (Å²) in [7, 11) is 0. The normalized spacial score (nSPS) is 10.9. The van der Waals surface area contributed by atoms with Gasteiger partial charge in [0.05, 0.1) is 5.69 Å². The molecular formula is C14H14BrClN2. The van der Waals surface area contributed by atoms with Crippen LogP contribution < -0.4 is 0 Å². The largest absolute Gasteiger partial charge is 0.236 e. The van der Waals surface area contributed by atoms with Crippen molar-refractivity contribution in [3.8, 4) is 11.4 Å². The highest BCUT2D eigenvalue weighted by Crippen LogP contribution is 2.24. The third-order valence-corrected chi connectivity index (χ3v) is 3.51. The fraction of sp³-hybridized carbons (Fsp3) is 0.286. The quantitative estimate of drug-likeness (QED) is 0.756. The number of hydrogen-bond acceptors (Lipinski definition) is 2. The molecule has 1 aromatic heterocycles. The van der Waals surface area contributed by atoms with Crippen LogP contribution in [-0.4, -0.2) is 9.97 Å². The molecular weight excluding hydrogens is 312 g/mol. The first kappa shape index (κ1) is 13.5. The SMILES string of the molecule is CC(C)c1nc(-c2cccc(Cl)c2)ncc1CBr. The Balaban J connectivity index is 2.50. The van der Waals surface area contributed by atoms with Crippen molar-refractivity contribution >= 4 is 27.5 Å². The molecule has 0 aliphatic heterocycles. The van der Waals surface area contributed by atoms with E-state index in [1.54, 1.807) is 0 Å². The van der Waals surface area contributed by atoms with Crippen LogP contribution in [0.5, 0.6) is 0 Å². The van der Waals surface area contributed by atoms with E-state index in [4.69, 9.17) is 11.6 Å². The Morgan fingerprint density at radius 2 is 2.11 bits per heavy atom. The molecule has 18 heavy (non-hydrogen) atoms. The molecule has 2 rings (SSSR count). The van der Waals surface area contributed by atoms with Crippen LogP contribution in [-0.2, 0) is 5.33 Å². The molecule has 0 N–H and O–H groups in total. The Morgan fingerprint density at radius 1 is 1.33 bits per heavy atom. The van der Waals surface area contributed by atoms with Crippen LogP contribution in [0.1, 0.15) is 31.0 Å². The lowest BCUT2D eigenvalue weighted by molar-refractivity contribution is 0.803. The van der Waals surface area contributed by atoms with Crippen molar-refractivity contribution in [1.29, 1.82) is 0 Å². The first-order valence-corrected chi connectivity index (χ1v) is 7.29. The molecule has 0 saturated carbocycles. The minimum atomic E-state index is 0.374. The molecule has 0 spiro atoms. The molecule has 94 valence electrons. The number of nitrogens with zero attached hydrogens (tertiary/aromatic N) is 2. The second kappa shape index (κ2) is 5.81. The van der Waals surface area contributed by atoms with Crippen molar-refractivity contribution in [2.24, 2.45) is 0 Å². The summed E-state index contributed by atoms with van der Waals surface area (Å²) in [4.78, 5) is 9.06. The Morgan fingerprint density at radius 3 is 2.72 bits per heavy atom. The maximum Gasteiger partial charge on any atom is 0.159 e. The molecule has 0 aliphatic rings. The van der Waals surface area contributed by atoms with E-state index in [-0.39, 0.29) is 0 Å². The van der Waals surface area contributed by atoms with Gasteiger partial charge in [-0.2, -0.15) is 0 Å². The highest BCUT2D eigenvalue weighted by Gasteiger charge is 2.11. The summed E-state index contributed by atoms with van der Waals surface area (Å²) in [5.41, 5.74) is 3.16. The van der Waals surface area contributed by atoms with Gasteiger partial charge in [-0.3, -0.25) is 0 Å². The van der Waals surface area contributed by atoms with Crippen molar-refractivity contribution in [2.75, 3.05) is 0 Å². The van der Waals surface area contributed by atoms with E-state index < -0.39 is 0 Å². The van der Waals surface area contributed by atoms with Gasteiger partial charge in [0, 0.05) is 27.7 Å². The number of hydrogen-bond donors (Lipinski definition) is 0. The van der Waals surface area contributed by atoms with Crippen molar-refractivity contribution in [2.45, 2.75) is 25.1 Å². The first-order valence-electron chi connectivity index (χ1n) is 5.79. The fourth-order valence-electron chi connectivity index (χ4n) is 1.79. The van der Waals surface area contributed by atoms with Crippen molar-refractivity contribution in [1.82, 2.24) is 9.97 Å². The highest BCUT2D eigenvalue weighted by molar-refractivity contribution is 9.08. The molecule has 2 aromatic rings. The molecule has 1 aromatic carbocycles. The second-order valence-corrected chi connectivity index (χ2v) is 5.40. The maximum atomic E-state index is 5.99. The average Bonchev–Trinajstić information content (AvgIpc) is 2.38. The van der Waals surface area contributed by atoms with Crippen LogP contribution in [0, 0.1) is 0 Å². The Kier molecular flexibility index (Phi) is 4.36. The molecule has 0 fully saturated rings. The van der Waals surface area contributed by atoms with Gasteiger partial charge in [0.15, 0.2) is 5.82 Å². The summed E-state index contributed by atoms with van der Waals surface area (Å²) in [6.07, 6.45) is 1.88. The van der Waals surface area contributed by atoms with Crippen molar-refractivity contribution < 1.29 is 0 Å². The summed E-state index contributed by atoms with van der Waals surface area (Å²) in [6.45, 7) is 4.27. The zero-order valence-corrected chi connectivity index (χ0v) is 12.7. The number of aromatic nitrogens is 2. The lowest BCUT2D eigenvalue weighted by Crippen LogP contribution is -2.02. The Hall–Kier alpha value is -0.930. The maximum absolute atomic E-state index is 5.99. The van der Waals surface area contributed by atoms with E-state index in [1.807, 2.05) is 30.5 Å². The van der Waals surface area contributed by atoms with Gasteiger partial charge in [-0.25, -0.2) is 9.97 Å². The molecule has 0 aliphatic carbocycles. The van der Waals surface area contributed by atoms with Crippen molar-refractivity contribution in [3.05, 3.63) is 46.7 Å². The van der Waals surface area contributed by atoms with Crippen LogP contribution in [0.25, 0.3) is 11.4 Å². The number of alkyl halides is 1. The zero-order valence-electron chi connectivity index (χ0n) is 10.3. The van der Waals surface area contributed by atoms with E-state index in [1.165, 1.54) is 0 Å². The van der Waals surface area contributed by atoms with E-state index >= 15 is 0 Å². The molecule has 1 heterocycles. The predicted molar refractivity (Wildman–Crippen MR) is 79.2 cm³/mol. The van der Waals surface area contributed by atoms with Crippen LogP contribution in [0.15, 0.2) is 30.5 Å². The standard InChI is InChI=1S/C14H14BrClN2/c1-9(2)13-11(7-15)8-17-14(18-13)10-4-3-5-12(16)6-10/h3-6,8-9H,7H2,1-2H3. The van der Waals surface area contributed by atoms with Gasteiger partial charge >= 0.3 is 0 Å². The molecule has 0 radical (unpaired) electrons. The van der Waals surface area contributed by atoms with E-state index in [9.17, 15) is 0 Å². The average molecular weight is 326 g/mol. The van der Waals surface area contributed by atoms with Gasteiger partial charge in [-0.1, -0.05) is 53.5 Å².